The van der Waals surface area contributed by atoms with Gasteiger partial charge in [0.25, 0.3) is 0 Å². The third-order valence-electron chi connectivity index (χ3n) is 4.79. The van der Waals surface area contributed by atoms with Crippen LogP contribution in [0.4, 0.5) is 0 Å². The van der Waals surface area contributed by atoms with E-state index in [1.54, 1.807) is 5.56 Å². The van der Waals surface area contributed by atoms with Crippen molar-refractivity contribution in [2.45, 2.75) is 63.1 Å². The van der Waals surface area contributed by atoms with Crippen LogP contribution in [0.5, 0.6) is 0 Å². The molecule has 1 N–H and O–H groups in total. The van der Waals surface area contributed by atoms with Crippen molar-refractivity contribution in [2.24, 2.45) is 0 Å². The molecule has 104 valence electrons. The zero-order valence-electron chi connectivity index (χ0n) is 11.9. The van der Waals surface area contributed by atoms with Gasteiger partial charge in [-0.25, -0.2) is 0 Å². The highest BCUT2D eigenvalue weighted by Crippen LogP contribution is 2.31. The first-order valence-electron chi connectivity index (χ1n) is 7.75. The van der Waals surface area contributed by atoms with Crippen LogP contribution in [0.3, 0.4) is 0 Å². The van der Waals surface area contributed by atoms with Crippen molar-refractivity contribution in [3.63, 3.8) is 0 Å². The number of benzene rings is 1. The van der Waals surface area contributed by atoms with Gasteiger partial charge in [-0.1, -0.05) is 30.7 Å². The minimum atomic E-state index is 0.412. The van der Waals surface area contributed by atoms with E-state index in [0.29, 0.717) is 18.2 Å². The fourth-order valence-electron chi connectivity index (χ4n) is 3.75. The lowest BCUT2D eigenvalue weighted by Crippen LogP contribution is -2.39. The highest BCUT2D eigenvalue weighted by atomic mass is 16.5. The van der Waals surface area contributed by atoms with E-state index in [-0.39, 0.29) is 0 Å². The smallest absolute Gasteiger partial charge is 0.0724 e. The molecule has 1 aromatic carbocycles. The number of ether oxygens (including phenoxy) is 1. The molecule has 0 saturated heterocycles. The molecule has 3 atom stereocenters. The van der Waals surface area contributed by atoms with Crippen LogP contribution in [-0.2, 0) is 11.2 Å². The molecule has 0 radical (unpaired) electrons. The molecule has 2 nitrogen and oxygen atoms in total. The zero-order valence-corrected chi connectivity index (χ0v) is 11.9. The Morgan fingerprint density at radius 1 is 1.05 bits per heavy atom. The number of methoxy groups -OCH3 is 1. The van der Waals surface area contributed by atoms with Gasteiger partial charge in [0.2, 0.25) is 0 Å². The minimum Gasteiger partial charge on any atom is -0.380 e. The fourth-order valence-corrected chi connectivity index (χ4v) is 3.75. The monoisotopic (exact) mass is 259 g/mol. The minimum absolute atomic E-state index is 0.412. The summed E-state index contributed by atoms with van der Waals surface area (Å²) in [4.78, 5) is 0. The second-order valence-electron chi connectivity index (χ2n) is 5.98. The fraction of sp³-hybridized carbons (Fsp3) is 0.647. The molecule has 0 aliphatic heterocycles. The maximum atomic E-state index is 5.62. The molecule has 0 heterocycles. The van der Waals surface area contributed by atoms with Crippen LogP contribution < -0.4 is 5.32 Å². The van der Waals surface area contributed by atoms with E-state index in [1.165, 1.54) is 50.5 Å². The first-order chi connectivity index (χ1) is 9.38. The molecule has 0 bridgehead atoms. The molecule has 0 aromatic heterocycles. The lowest BCUT2D eigenvalue weighted by molar-refractivity contribution is 0.0807. The van der Waals surface area contributed by atoms with Gasteiger partial charge in [-0.15, -0.1) is 0 Å². The number of fused-ring (bicyclic) bond motifs is 1. The second-order valence-corrected chi connectivity index (χ2v) is 5.98. The topological polar surface area (TPSA) is 21.3 Å². The van der Waals surface area contributed by atoms with E-state index in [1.807, 2.05) is 7.11 Å². The highest BCUT2D eigenvalue weighted by molar-refractivity contribution is 5.31. The van der Waals surface area contributed by atoms with Crippen molar-refractivity contribution >= 4 is 0 Å². The summed E-state index contributed by atoms with van der Waals surface area (Å²) >= 11 is 0. The number of hydrogen-bond donors (Lipinski definition) is 1. The van der Waals surface area contributed by atoms with Crippen LogP contribution in [-0.4, -0.2) is 19.3 Å². The second kappa shape index (κ2) is 6.06. The average Bonchev–Trinajstić information content (AvgIpc) is 2.80. The van der Waals surface area contributed by atoms with Crippen LogP contribution >= 0.6 is 0 Å². The summed E-state index contributed by atoms with van der Waals surface area (Å²) < 4.78 is 5.62. The van der Waals surface area contributed by atoms with Gasteiger partial charge >= 0.3 is 0 Å². The quantitative estimate of drug-likeness (QED) is 0.837. The van der Waals surface area contributed by atoms with Gasteiger partial charge in [0.1, 0.15) is 0 Å². The zero-order chi connectivity index (χ0) is 13.1. The van der Waals surface area contributed by atoms with Gasteiger partial charge in [0.15, 0.2) is 0 Å². The molecule has 1 aromatic rings. The van der Waals surface area contributed by atoms with E-state index in [4.69, 9.17) is 4.74 Å². The molecule has 19 heavy (non-hydrogen) atoms. The Labute approximate surface area is 116 Å². The van der Waals surface area contributed by atoms with Gasteiger partial charge in [-0.05, 0) is 49.7 Å². The molecular weight excluding hydrogens is 234 g/mol. The van der Waals surface area contributed by atoms with Crippen LogP contribution in [0.2, 0.25) is 0 Å². The van der Waals surface area contributed by atoms with Crippen molar-refractivity contribution in [3.05, 3.63) is 35.4 Å². The normalized spacial score (nSPS) is 30.9. The Morgan fingerprint density at radius 2 is 1.95 bits per heavy atom. The summed E-state index contributed by atoms with van der Waals surface area (Å²) in [6.07, 6.45) is 9.35. The Balaban J connectivity index is 1.77. The van der Waals surface area contributed by atoms with Gasteiger partial charge < -0.3 is 10.1 Å². The largest absolute Gasteiger partial charge is 0.380 e. The first-order valence-corrected chi connectivity index (χ1v) is 7.75. The molecule has 1 fully saturated rings. The molecule has 2 aliphatic carbocycles. The summed E-state index contributed by atoms with van der Waals surface area (Å²) in [6, 6.07) is 10.0. The van der Waals surface area contributed by atoms with E-state index >= 15 is 0 Å². The first kappa shape index (κ1) is 13.1. The standard InChI is InChI=1S/C17H25NO/c1-19-17-12-6-11-16(17)18-15-10-5-3-8-13-7-2-4-9-14(13)15/h2,4,7,9,15-18H,3,5-6,8,10-12H2,1H3. The molecule has 0 spiro atoms. The molecule has 3 rings (SSSR count). The lowest BCUT2D eigenvalue weighted by atomic mass is 9.98. The van der Waals surface area contributed by atoms with Crippen LogP contribution in [0.1, 0.15) is 55.7 Å². The average molecular weight is 259 g/mol. The van der Waals surface area contributed by atoms with Gasteiger partial charge in [-0.2, -0.15) is 0 Å². The Bertz CT molecular complexity index is 417. The van der Waals surface area contributed by atoms with E-state index in [0.717, 1.165) is 0 Å². The summed E-state index contributed by atoms with van der Waals surface area (Å²) in [5.41, 5.74) is 3.08. The number of aryl methyl sites for hydroxylation is 1. The molecule has 2 aliphatic rings. The highest BCUT2D eigenvalue weighted by Gasteiger charge is 2.30. The predicted molar refractivity (Wildman–Crippen MR) is 78.3 cm³/mol. The summed E-state index contributed by atoms with van der Waals surface area (Å²) in [5, 5.41) is 3.89. The number of hydrogen-bond acceptors (Lipinski definition) is 2. The SMILES string of the molecule is COC1CCCC1NC1CCCCc2ccccc21. The Kier molecular flexibility index (Phi) is 4.19. The molecular formula is C17H25NO. The van der Waals surface area contributed by atoms with Crippen LogP contribution in [0.15, 0.2) is 24.3 Å². The maximum Gasteiger partial charge on any atom is 0.0724 e. The lowest BCUT2D eigenvalue weighted by Gasteiger charge is -2.27. The van der Waals surface area contributed by atoms with Crippen LogP contribution in [0.25, 0.3) is 0 Å². The Morgan fingerprint density at radius 3 is 2.84 bits per heavy atom. The van der Waals surface area contributed by atoms with Gasteiger partial charge in [0.05, 0.1) is 6.10 Å². The molecule has 2 heteroatoms. The number of nitrogens with one attached hydrogen (secondary N) is 1. The van der Waals surface area contributed by atoms with Gasteiger partial charge in [0, 0.05) is 19.2 Å². The van der Waals surface area contributed by atoms with E-state index in [9.17, 15) is 0 Å². The maximum absolute atomic E-state index is 5.62. The number of rotatable bonds is 3. The van der Waals surface area contributed by atoms with Crippen LogP contribution in [0, 0.1) is 0 Å². The molecule has 1 saturated carbocycles. The van der Waals surface area contributed by atoms with Gasteiger partial charge in [-0.3, -0.25) is 0 Å². The summed E-state index contributed by atoms with van der Waals surface area (Å²) in [5.74, 6) is 0. The van der Waals surface area contributed by atoms with Crippen molar-refractivity contribution < 1.29 is 4.74 Å². The third kappa shape index (κ3) is 2.85. The third-order valence-corrected chi connectivity index (χ3v) is 4.79. The predicted octanol–water partition coefficient (Wildman–Crippen LogP) is 3.61. The summed E-state index contributed by atoms with van der Waals surface area (Å²) in [6.45, 7) is 0. The van der Waals surface area contributed by atoms with Crippen molar-refractivity contribution in [1.82, 2.24) is 5.32 Å². The van der Waals surface area contributed by atoms with Crippen molar-refractivity contribution in [1.29, 1.82) is 0 Å². The van der Waals surface area contributed by atoms with Crippen molar-refractivity contribution in [3.8, 4) is 0 Å². The van der Waals surface area contributed by atoms with E-state index in [2.05, 4.69) is 29.6 Å². The van der Waals surface area contributed by atoms with Crippen molar-refractivity contribution in [2.75, 3.05) is 7.11 Å². The Hall–Kier alpha value is -0.860. The molecule has 0 amide bonds. The summed E-state index contributed by atoms with van der Waals surface area (Å²) in [7, 11) is 1.85. The molecule has 3 unspecified atom stereocenters. The van der Waals surface area contributed by atoms with E-state index < -0.39 is 0 Å².